The van der Waals surface area contributed by atoms with E-state index in [1.807, 2.05) is 43.3 Å². The number of carbonyl (C=O) groups is 4. The van der Waals surface area contributed by atoms with Gasteiger partial charge >= 0.3 is 0 Å². The highest BCUT2D eigenvalue weighted by atomic mass is 16.2. The Morgan fingerprint density at radius 1 is 1.06 bits per heavy atom. The molecule has 4 amide bonds. The summed E-state index contributed by atoms with van der Waals surface area (Å²) in [5.74, 6) is -1.29. The zero-order chi connectivity index (χ0) is 23.1. The van der Waals surface area contributed by atoms with Crippen LogP contribution in [0.25, 0.3) is 11.3 Å². The van der Waals surface area contributed by atoms with Crippen molar-refractivity contribution in [3.05, 3.63) is 77.0 Å². The zero-order valence-electron chi connectivity index (χ0n) is 18.0. The second kappa shape index (κ2) is 8.05. The molecular weight excluding hydrogens is 420 g/mol. The largest absolute Gasteiger partial charge is 0.350 e. The van der Waals surface area contributed by atoms with E-state index in [-0.39, 0.29) is 30.7 Å². The summed E-state index contributed by atoms with van der Waals surface area (Å²) in [4.78, 5) is 54.1. The molecule has 0 spiro atoms. The number of amides is 4. The van der Waals surface area contributed by atoms with Crippen molar-refractivity contribution in [2.45, 2.75) is 32.4 Å². The Kier molecular flexibility index (Phi) is 5.05. The van der Waals surface area contributed by atoms with Crippen molar-refractivity contribution in [2.24, 2.45) is 0 Å². The number of hydrogen-bond donors (Lipinski definition) is 3. The monoisotopic (exact) mass is 442 g/mol. The highest BCUT2D eigenvalue weighted by Crippen LogP contribution is 2.30. The third-order valence-electron chi connectivity index (χ3n) is 6.11. The first kappa shape index (κ1) is 20.7. The zero-order valence-corrected chi connectivity index (χ0v) is 18.0. The fourth-order valence-corrected chi connectivity index (χ4v) is 4.41. The van der Waals surface area contributed by atoms with E-state index in [0.717, 1.165) is 22.4 Å². The van der Waals surface area contributed by atoms with Crippen LogP contribution in [0.3, 0.4) is 0 Å². The van der Waals surface area contributed by atoms with Gasteiger partial charge in [0.05, 0.1) is 0 Å². The number of H-pyrrole nitrogens is 1. The lowest BCUT2D eigenvalue weighted by Gasteiger charge is -2.29. The van der Waals surface area contributed by atoms with Crippen LogP contribution in [-0.2, 0) is 16.1 Å². The molecule has 0 aliphatic carbocycles. The number of aromatic amines is 1. The predicted molar refractivity (Wildman–Crippen MR) is 121 cm³/mol. The molecule has 3 heterocycles. The molecular formula is C25H22N4O4. The lowest BCUT2D eigenvalue weighted by Crippen LogP contribution is -2.52. The Morgan fingerprint density at radius 3 is 2.61 bits per heavy atom. The van der Waals surface area contributed by atoms with Crippen molar-refractivity contribution in [1.29, 1.82) is 0 Å². The van der Waals surface area contributed by atoms with Crippen LogP contribution < -0.4 is 10.6 Å². The average molecular weight is 442 g/mol. The number of nitrogens with one attached hydrogen (secondary N) is 3. The lowest BCUT2D eigenvalue weighted by molar-refractivity contribution is -0.136. The van der Waals surface area contributed by atoms with Crippen LogP contribution >= 0.6 is 0 Å². The maximum atomic E-state index is 12.9. The molecule has 1 saturated heterocycles. The second-order valence-corrected chi connectivity index (χ2v) is 8.33. The first-order chi connectivity index (χ1) is 15.9. The lowest BCUT2D eigenvalue weighted by atomic mass is 10.0. The Hall–Kier alpha value is -4.20. The number of imide groups is 1. The van der Waals surface area contributed by atoms with Crippen LogP contribution in [0.5, 0.6) is 0 Å². The fraction of sp³-hybridized carbons (Fsp3) is 0.200. The molecule has 1 atom stereocenters. The van der Waals surface area contributed by atoms with Crippen LogP contribution in [0.15, 0.2) is 54.6 Å². The van der Waals surface area contributed by atoms with E-state index in [4.69, 9.17) is 0 Å². The van der Waals surface area contributed by atoms with Crippen LogP contribution in [0, 0.1) is 6.92 Å². The SMILES string of the molecule is Cc1cc(-c2ccccc2)[nH]c1C(=O)Nc1ccc2c(c1)CN(C1CCC(=O)NC1=O)C2=O. The Morgan fingerprint density at radius 2 is 1.85 bits per heavy atom. The van der Waals surface area contributed by atoms with Gasteiger partial charge in [-0.15, -0.1) is 0 Å². The number of nitrogens with zero attached hydrogens (tertiary/aromatic N) is 1. The van der Waals surface area contributed by atoms with Crippen molar-refractivity contribution in [2.75, 3.05) is 5.32 Å². The van der Waals surface area contributed by atoms with E-state index in [9.17, 15) is 19.2 Å². The summed E-state index contributed by atoms with van der Waals surface area (Å²) in [5.41, 5.74) is 4.94. The molecule has 1 aromatic heterocycles. The summed E-state index contributed by atoms with van der Waals surface area (Å²) in [6.45, 7) is 2.13. The van der Waals surface area contributed by atoms with Gasteiger partial charge in [-0.3, -0.25) is 24.5 Å². The van der Waals surface area contributed by atoms with Gasteiger partial charge < -0.3 is 15.2 Å². The Balaban J connectivity index is 1.33. The van der Waals surface area contributed by atoms with E-state index < -0.39 is 11.9 Å². The van der Waals surface area contributed by atoms with E-state index in [0.29, 0.717) is 23.4 Å². The molecule has 3 N–H and O–H groups in total. The van der Waals surface area contributed by atoms with E-state index in [2.05, 4.69) is 15.6 Å². The number of aryl methyl sites for hydroxylation is 1. The molecule has 0 saturated carbocycles. The minimum absolute atomic E-state index is 0.207. The maximum Gasteiger partial charge on any atom is 0.272 e. The first-order valence-corrected chi connectivity index (χ1v) is 10.7. The molecule has 2 aliphatic rings. The smallest absolute Gasteiger partial charge is 0.272 e. The van der Waals surface area contributed by atoms with E-state index in [1.54, 1.807) is 18.2 Å². The van der Waals surface area contributed by atoms with Crippen molar-refractivity contribution in [3.8, 4) is 11.3 Å². The van der Waals surface area contributed by atoms with Gasteiger partial charge in [-0.25, -0.2) is 0 Å². The van der Waals surface area contributed by atoms with Crippen LogP contribution in [-0.4, -0.2) is 39.6 Å². The number of hydrogen-bond acceptors (Lipinski definition) is 4. The van der Waals surface area contributed by atoms with Gasteiger partial charge in [-0.2, -0.15) is 0 Å². The van der Waals surface area contributed by atoms with Gasteiger partial charge in [-0.1, -0.05) is 30.3 Å². The first-order valence-electron chi connectivity index (χ1n) is 10.7. The highest BCUT2D eigenvalue weighted by molar-refractivity contribution is 6.07. The highest BCUT2D eigenvalue weighted by Gasteiger charge is 2.39. The summed E-state index contributed by atoms with van der Waals surface area (Å²) < 4.78 is 0. The molecule has 8 nitrogen and oxygen atoms in total. The molecule has 5 rings (SSSR count). The van der Waals surface area contributed by atoms with E-state index >= 15 is 0 Å². The topological polar surface area (TPSA) is 111 Å². The standard InChI is InChI=1S/C25H22N4O4/c1-14-11-19(15-5-3-2-4-6-15)27-22(14)24(32)26-17-7-8-18-16(12-17)13-29(25(18)33)20-9-10-21(30)28-23(20)31/h2-8,11-12,20,27H,9-10,13H2,1H3,(H,26,32)(H,28,30,31). The number of piperidine rings is 1. The van der Waals surface area contributed by atoms with Gasteiger partial charge in [0.25, 0.3) is 11.8 Å². The quantitative estimate of drug-likeness (QED) is 0.539. The summed E-state index contributed by atoms with van der Waals surface area (Å²) >= 11 is 0. The van der Waals surface area contributed by atoms with Gasteiger partial charge in [0.1, 0.15) is 11.7 Å². The van der Waals surface area contributed by atoms with Gasteiger partial charge in [0.15, 0.2) is 0 Å². The molecule has 3 aromatic rings. The summed E-state index contributed by atoms with van der Waals surface area (Å²) in [6.07, 6.45) is 0.516. The molecule has 166 valence electrons. The Bertz CT molecular complexity index is 1290. The van der Waals surface area contributed by atoms with Crippen LogP contribution in [0.1, 0.15) is 44.8 Å². The van der Waals surface area contributed by atoms with Crippen molar-refractivity contribution in [1.82, 2.24) is 15.2 Å². The number of anilines is 1. The fourth-order valence-electron chi connectivity index (χ4n) is 4.41. The normalized spacial score (nSPS) is 17.7. The molecule has 0 bridgehead atoms. The predicted octanol–water partition coefficient (Wildman–Crippen LogP) is 3.00. The van der Waals surface area contributed by atoms with Crippen LogP contribution in [0.4, 0.5) is 5.69 Å². The van der Waals surface area contributed by atoms with Crippen molar-refractivity contribution < 1.29 is 19.2 Å². The van der Waals surface area contributed by atoms with Crippen molar-refractivity contribution in [3.63, 3.8) is 0 Å². The molecule has 33 heavy (non-hydrogen) atoms. The third-order valence-corrected chi connectivity index (χ3v) is 6.11. The minimum atomic E-state index is -0.668. The molecule has 8 heteroatoms. The Labute approximate surface area is 190 Å². The van der Waals surface area contributed by atoms with Crippen LogP contribution in [0.2, 0.25) is 0 Å². The molecule has 0 radical (unpaired) electrons. The summed E-state index contributed by atoms with van der Waals surface area (Å²) in [5, 5.41) is 5.19. The van der Waals surface area contributed by atoms with Gasteiger partial charge in [-0.05, 0) is 54.3 Å². The number of fused-ring (bicyclic) bond motifs is 1. The number of carbonyl (C=O) groups excluding carboxylic acids is 4. The van der Waals surface area contributed by atoms with E-state index in [1.165, 1.54) is 4.90 Å². The number of rotatable bonds is 4. The number of benzene rings is 2. The second-order valence-electron chi connectivity index (χ2n) is 8.33. The van der Waals surface area contributed by atoms with Crippen molar-refractivity contribution >= 4 is 29.3 Å². The third kappa shape index (κ3) is 3.80. The summed E-state index contributed by atoms with van der Waals surface area (Å²) in [6, 6.07) is 16.1. The molecule has 1 fully saturated rings. The molecule has 1 unspecified atom stereocenters. The summed E-state index contributed by atoms with van der Waals surface area (Å²) in [7, 11) is 0. The minimum Gasteiger partial charge on any atom is -0.350 e. The average Bonchev–Trinajstić information content (AvgIpc) is 3.34. The molecule has 2 aromatic carbocycles. The maximum absolute atomic E-state index is 12.9. The van der Waals surface area contributed by atoms with Gasteiger partial charge in [0, 0.05) is 29.9 Å². The molecule has 2 aliphatic heterocycles. The van der Waals surface area contributed by atoms with Gasteiger partial charge in [0.2, 0.25) is 11.8 Å². The number of aromatic nitrogens is 1.